The third kappa shape index (κ3) is 6.74. The molecule has 4 N–H and O–H groups in total. The number of hydrogen-bond acceptors (Lipinski definition) is 7. The highest BCUT2D eigenvalue weighted by molar-refractivity contribution is 7.99. The molecule has 2 amide bonds. The molecule has 0 radical (unpaired) electrons. The Bertz CT molecular complexity index is 1500. The second-order valence-corrected chi connectivity index (χ2v) is 14.2. The van der Waals surface area contributed by atoms with Gasteiger partial charge >= 0.3 is 12.0 Å². The van der Waals surface area contributed by atoms with Crippen molar-refractivity contribution in [3.63, 3.8) is 0 Å². The lowest BCUT2D eigenvalue weighted by atomic mass is 9.53. The van der Waals surface area contributed by atoms with Crippen LogP contribution in [0.15, 0.2) is 71.9 Å². The molecule has 3 aromatic rings. The van der Waals surface area contributed by atoms with Gasteiger partial charge in [0.1, 0.15) is 5.03 Å². The van der Waals surface area contributed by atoms with E-state index in [1.807, 2.05) is 48.5 Å². The predicted molar refractivity (Wildman–Crippen MR) is 170 cm³/mol. The number of pyridine rings is 1. The number of rotatable bonds is 9. The van der Waals surface area contributed by atoms with Gasteiger partial charge in [-0.15, -0.1) is 11.8 Å². The first-order valence-electron chi connectivity index (χ1n) is 15.9. The van der Waals surface area contributed by atoms with Gasteiger partial charge in [-0.25, -0.2) is 14.6 Å². The number of thioether (sulfide) groups is 1. The number of aliphatic hydroxyl groups excluding tert-OH is 1. The van der Waals surface area contributed by atoms with Crippen LogP contribution < -0.4 is 10.6 Å². The van der Waals surface area contributed by atoms with Crippen molar-refractivity contribution in [3.8, 4) is 0 Å². The highest BCUT2D eigenvalue weighted by atomic mass is 32.2. The maximum absolute atomic E-state index is 13.1. The molecule has 1 saturated heterocycles. The molecule has 5 aliphatic rings. The lowest BCUT2D eigenvalue weighted by Gasteiger charge is -2.56. The third-order valence-corrected chi connectivity index (χ3v) is 11.0. The van der Waals surface area contributed by atoms with Gasteiger partial charge in [-0.2, -0.15) is 0 Å². The van der Waals surface area contributed by atoms with Crippen molar-refractivity contribution < 1.29 is 29.3 Å². The van der Waals surface area contributed by atoms with Gasteiger partial charge in [-0.05, 0) is 91.7 Å². The minimum absolute atomic E-state index is 0.0340. The number of nitrogens with zero attached hydrogens (tertiary/aromatic N) is 1. The van der Waals surface area contributed by atoms with Gasteiger partial charge < -0.3 is 30.3 Å². The van der Waals surface area contributed by atoms with Crippen molar-refractivity contribution in [2.24, 2.45) is 17.8 Å². The molecule has 2 heterocycles. The number of nitrogens with one attached hydrogen (secondary N) is 2. The highest BCUT2D eigenvalue weighted by Gasteiger charge is 2.51. The van der Waals surface area contributed by atoms with E-state index in [0.29, 0.717) is 22.9 Å². The monoisotopic (exact) mass is 629 g/mol. The molecule has 9 nitrogen and oxygen atoms in total. The van der Waals surface area contributed by atoms with E-state index >= 15 is 0 Å². The minimum atomic E-state index is -1.02. The number of benzene rings is 2. The second-order valence-electron chi connectivity index (χ2n) is 13.2. The van der Waals surface area contributed by atoms with E-state index in [9.17, 15) is 19.8 Å². The summed E-state index contributed by atoms with van der Waals surface area (Å²) in [7, 11) is 0. The summed E-state index contributed by atoms with van der Waals surface area (Å²) in [6, 6.07) is 18.3. The Morgan fingerprint density at radius 2 is 1.56 bits per heavy atom. The lowest BCUT2D eigenvalue weighted by Crippen LogP contribution is -2.60. The molecule has 0 spiro atoms. The number of hydrogen-bond donors (Lipinski definition) is 4. The molecule has 3 atom stereocenters. The van der Waals surface area contributed by atoms with Crippen molar-refractivity contribution in [1.29, 1.82) is 0 Å². The number of aliphatic hydroxyl groups is 1. The highest BCUT2D eigenvalue weighted by Crippen LogP contribution is 2.55. The van der Waals surface area contributed by atoms with E-state index in [-0.39, 0.29) is 35.9 Å². The lowest BCUT2D eigenvalue weighted by molar-refractivity contribution is -0.245. The van der Waals surface area contributed by atoms with Crippen LogP contribution in [0, 0.1) is 17.8 Å². The molecule has 1 aliphatic heterocycles. The summed E-state index contributed by atoms with van der Waals surface area (Å²) in [5.41, 5.74) is 3.42. The SMILES string of the molecule is O=C(Nc1ccc([C@H]2O[C@@H](CSc3ncccc3C(=O)O)C[C@@H](c3ccc(CO)cc3)O2)cc1)NC12CC3CC(CC(C3)C1)C2. The number of carboxylic acids is 1. The van der Waals surface area contributed by atoms with E-state index in [2.05, 4.69) is 15.6 Å². The number of amides is 2. The maximum Gasteiger partial charge on any atom is 0.338 e. The van der Waals surface area contributed by atoms with Crippen molar-refractivity contribution in [1.82, 2.24) is 10.3 Å². The molecule has 236 valence electrons. The van der Waals surface area contributed by atoms with E-state index < -0.39 is 12.3 Å². The summed E-state index contributed by atoms with van der Waals surface area (Å²) in [4.78, 5) is 29.1. The molecule has 4 saturated carbocycles. The molecule has 5 fully saturated rings. The van der Waals surface area contributed by atoms with Crippen molar-refractivity contribution in [2.45, 2.75) is 80.6 Å². The molecule has 0 unspecified atom stereocenters. The summed E-state index contributed by atoms with van der Waals surface area (Å²) in [5.74, 6) is 1.75. The Morgan fingerprint density at radius 1 is 0.889 bits per heavy atom. The number of carbonyl (C=O) groups excluding carboxylic acids is 1. The topological polar surface area (TPSA) is 130 Å². The number of urea groups is 1. The van der Waals surface area contributed by atoms with Gasteiger partial charge in [-0.1, -0.05) is 36.4 Å². The fourth-order valence-corrected chi connectivity index (χ4v) is 9.26. The molecular formula is C35H39N3O6S. The van der Waals surface area contributed by atoms with Crippen LogP contribution in [-0.4, -0.2) is 44.6 Å². The number of aromatic nitrogens is 1. The Labute approximate surface area is 267 Å². The van der Waals surface area contributed by atoms with E-state index in [0.717, 1.165) is 53.7 Å². The number of carboxylic acid groups (broad SMARTS) is 1. The van der Waals surface area contributed by atoms with Gasteiger partial charge in [0.15, 0.2) is 6.29 Å². The van der Waals surface area contributed by atoms with Gasteiger partial charge in [-0.3, -0.25) is 0 Å². The summed E-state index contributed by atoms with van der Waals surface area (Å²) in [5, 5.41) is 25.9. The number of aromatic carboxylic acids is 1. The number of carbonyl (C=O) groups is 2. The smallest absolute Gasteiger partial charge is 0.338 e. The van der Waals surface area contributed by atoms with Crippen LogP contribution >= 0.6 is 11.8 Å². The van der Waals surface area contributed by atoms with E-state index in [4.69, 9.17) is 9.47 Å². The van der Waals surface area contributed by atoms with Crippen LogP contribution in [0.1, 0.15) is 84.4 Å². The summed E-state index contributed by atoms with van der Waals surface area (Å²) < 4.78 is 12.9. The average Bonchev–Trinajstić information content (AvgIpc) is 3.03. The van der Waals surface area contributed by atoms with Gasteiger partial charge in [0.05, 0.1) is 24.4 Å². The van der Waals surface area contributed by atoms with E-state index in [1.54, 1.807) is 18.3 Å². The van der Waals surface area contributed by atoms with Gasteiger partial charge in [0, 0.05) is 35.2 Å². The fraction of sp³-hybridized carbons (Fsp3) is 0.457. The third-order valence-electron chi connectivity index (χ3n) is 9.88. The van der Waals surface area contributed by atoms with Crippen molar-refractivity contribution in [2.75, 3.05) is 11.1 Å². The van der Waals surface area contributed by atoms with Crippen molar-refractivity contribution in [3.05, 3.63) is 89.1 Å². The maximum atomic E-state index is 13.1. The van der Waals surface area contributed by atoms with Crippen LogP contribution in [-0.2, 0) is 16.1 Å². The Morgan fingerprint density at radius 3 is 2.20 bits per heavy atom. The average molecular weight is 630 g/mol. The fourth-order valence-electron chi connectivity index (χ4n) is 8.25. The van der Waals surface area contributed by atoms with Gasteiger partial charge in [0.2, 0.25) is 0 Å². The summed E-state index contributed by atoms with van der Waals surface area (Å²) in [6.07, 6.45) is 8.27. The first-order chi connectivity index (χ1) is 21.8. The summed E-state index contributed by atoms with van der Waals surface area (Å²) >= 11 is 1.35. The van der Waals surface area contributed by atoms with Crippen LogP contribution in [0.2, 0.25) is 0 Å². The van der Waals surface area contributed by atoms with Crippen LogP contribution in [0.4, 0.5) is 10.5 Å². The molecule has 2 aromatic carbocycles. The Kier molecular flexibility index (Phi) is 8.56. The zero-order valence-corrected chi connectivity index (χ0v) is 25.9. The van der Waals surface area contributed by atoms with Crippen molar-refractivity contribution >= 4 is 29.4 Å². The van der Waals surface area contributed by atoms with Crippen LogP contribution in [0.25, 0.3) is 0 Å². The zero-order chi connectivity index (χ0) is 31.0. The van der Waals surface area contributed by atoms with Crippen LogP contribution in [0.3, 0.4) is 0 Å². The molecular weight excluding hydrogens is 590 g/mol. The molecule has 10 heteroatoms. The largest absolute Gasteiger partial charge is 0.478 e. The first-order valence-corrected chi connectivity index (χ1v) is 16.8. The normalized spacial score (nSPS) is 30.2. The Balaban J connectivity index is 1.03. The summed E-state index contributed by atoms with van der Waals surface area (Å²) in [6.45, 7) is -0.0340. The predicted octanol–water partition coefficient (Wildman–Crippen LogP) is 6.70. The van der Waals surface area contributed by atoms with E-state index in [1.165, 1.54) is 31.0 Å². The standard InChI is InChI=1S/C35H39N3O6S/c39-19-21-3-5-25(6-4-21)30-15-28(20-45-31-29(32(40)41)2-1-11-36-31)43-33(44-30)26-7-9-27(10-8-26)37-34(42)38-35-16-22-12-23(17-35)14-24(13-22)18-35/h1-11,22-24,28,30,33,39H,12-20H2,(H,40,41)(H2,37,38,42)/t22?,23?,24?,28-,30+,33+,35?/m1/s1. The Hall–Kier alpha value is -3.44. The molecule has 1 aromatic heterocycles. The molecule has 45 heavy (non-hydrogen) atoms. The number of anilines is 1. The quantitative estimate of drug-likeness (QED) is 0.193. The number of ether oxygens (including phenoxy) is 2. The van der Waals surface area contributed by atoms with Crippen LogP contribution in [0.5, 0.6) is 0 Å². The molecule has 4 bridgehead atoms. The minimum Gasteiger partial charge on any atom is -0.478 e. The second kappa shape index (κ2) is 12.7. The van der Waals surface area contributed by atoms with Gasteiger partial charge in [0.25, 0.3) is 0 Å². The molecule has 8 rings (SSSR count). The molecule has 4 aliphatic carbocycles. The first kappa shape index (κ1) is 30.2. The zero-order valence-electron chi connectivity index (χ0n) is 25.1.